The van der Waals surface area contributed by atoms with E-state index in [-0.39, 0.29) is 91.2 Å². The molecule has 6 rings (SSSR count). The normalized spacial score (nSPS) is 16.4. The fourth-order valence-corrected chi connectivity index (χ4v) is 18.8. The molecular weight excluding hydrogens is 1870 g/mol. The van der Waals surface area contributed by atoms with Crippen LogP contribution in [0, 0.1) is 11.8 Å². The van der Waals surface area contributed by atoms with Gasteiger partial charge in [0.1, 0.15) is 58.8 Å². The standard InChI is InChI=1S/C24H36O3.2C23H38O4.C22H37NO2.C21H30O2.C18H37NO2/c1-6-7-8-9-12-23(2,3)16-13-20(26)22-18-15-17(25)10-11-19(18)24(4,5)27-21(22)14-16;1-2-3-4-5-6-7-8-9-10-11-12-13-14-15-16-17-18-19-23(26)27-21-22(25)20-24;1-2-3-4-5-6-7-8-9-10-11-12-13-14-15-16-17-18-19-23(26)27-22(20-24)21-25;1-2-3-4-5-6-7-8-9-10-11-12-13-14-15-16-17-18-19-22(25)23-20-21-24;1-5-6-7-8-15-12-18(22)20-16-11-14(2)9-10-17(16)21(3,4)23-19(20)13-15;1-2-3-4-5-6-7-8-9-10-11-12-13-14-15-18(21)19-16-17-20/h13-14,18-19,26H,6-12,15H2,1-5H3;2*6-7,9-10,12-13,15-16,22,24-25H,2-5,8,11,14,17-21H2,1H3;6-7,9-10,12-13,15-16,24H,2-5,8,11,14,17-21H2,1H3,(H,23,25);11-13,16-17,22H,5-10H2,1-4H3;20H,2-17H2,1H3,(H,19,21)/b;3*7-6-,10-9-,13-12-,16-15-;;/t;;;;16-,17-;/m....1./s1. The fourth-order valence-electron chi connectivity index (χ4n) is 18.8. The second-order valence-corrected chi connectivity index (χ2v) is 42.8. The summed E-state index contributed by atoms with van der Waals surface area (Å²) < 4.78 is 22.5. The van der Waals surface area contributed by atoms with Crippen molar-refractivity contribution in [2.45, 2.75) is 503 Å². The Morgan fingerprint density at radius 1 is 0.413 bits per heavy atom. The smallest absolute Gasteiger partial charge is 0.306 e. The first-order valence-corrected chi connectivity index (χ1v) is 59.3. The van der Waals surface area contributed by atoms with Crippen molar-refractivity contribution in [3.63, 3.8) is 0 Å². The molecule has 0 aromatic heterocycles. The van der Waals surface area contributed by atoms with Gasteiger partial charge < -0.3 is 70.4 Å². The monoisotopic (exact) mass is 2090 g/mol. The number of ether oxygens (including phenoxy) is 4. The minimum Gasteiger partial charge on any atom is -0.508 e. The lowest BCUT2D eigenvalue weighted by Gasteiger charge is -2.47. The van der Waals surface area contributed by atoms with Crippen LogP contribution >= 0.6 is 0 Å². The molecule has 852 valence electrons. The minimum atomic E-state index is -0.984. The van der Waals surface area contributed by atoms with E-state index in [0.717, 1.165) is 163 Å². The number of nitrogens with one attached hydrogen (secondary N) is 2. The topological polar surface area (TPSA) is 308 Å². The van der Waals surface area contributed by atoms with Gasteiger partial charge in [-0.1, -0.05) is 367 Å². The second-order valence-electron chi connectivity index (χ2n) is 42.8. The molecule has 2 aromatic rings. The number of hydrogen-bond donors (Lipinski definition) is 10. The third kappa shape index (κ3) is 72.3. The molecule has 5 atom stereocenters. The number of aromatic hydroxyl groups is 2. The van der Waals surface area contributed by atoms with Crippen LogP contribution in [-0.2, 0) is 45.3 Å². The van der Waals surface area contributed by atoms with Gasteiger partial charge in [-0.05, 0) is 255 Å². The van der Waals surface area contributed by atoms with Crippen molar-refractivity contribution in [2.75, 3.05) is 52.7 Å². The average Bonchev–Trinajstić information content (AvgIpc) is 0.744. The number of rotatable bonds is 76. The molecule has 150 heavy (non-hydrogen) atoms. The number of allylic oxidation sites excluding steroid dienone is 26. The number of phenols is 2. The van der Waals surface area contributed by atoms with Crippen molar-refractivity contribution >= 4 is 29.5 Å². The summed E-state index contributed by atoms with van der Waals surface area (Å²) in [5.41, 5.74) is 5.13. The van der Waals surface area contributed by atoms with E-state index >= 15 is 0 Å². The molecule has 2 heterocycles. The zero-order valence-electron chi connectivity index (χ0n) is 96.6. The van der Waals surface area contributed by atoms with Crippen LogP contribution in [-0.4, -0.2) is 147 Å². The Labute approximate surface area is 913 Å². The lowest BCUT2D eigenvalue weighted by molar-refractivity contribution is -0.153. The first-order chi connectivity index (χ1) is 72.6. The minimum absolute atomic E-state index is 0.00289. The van der Waals surface area contributed by atoms with E-state index in [9.17, 15) is 34.2 Å². The molecule has 1 fully saturated rings. The summed E-state index contributed by atoms with van der Waals surface area (Å²) in [5, 5.41) is 79.5. The number of phenolic OH excluding ortho intramolecular Hbond substituents is 2. The van der Waals surface area contributed by atoms with Crippen LogP contribution in [0.2, 0.25) is 0 Å². The van der Waals surface area contributed by atoms with Crippen LogP contribution in [0.25, 0.3) is 0 Å². The molecule has 0 bridgehead atoms. The number of carbonyl (C=O) groups is 5. The molecule has 2 amide bonds. The number of carbonyl (C=O) groups excluding carboxylic acids is 5. The van der Waals surface area contributed by atoms with Crippen LogP contribution in [0.5, 0.6) is 23.0 Å². The number of ketones is 1. The Balaban J connectivity index is 0.000000902. The zero-order valence-corrected chi connectivity index (χ0v) is 96.6. The predicted octanol–water partition coefficient (Wildman–Crippen LogP) is 31.9. The first-order valence-electron chi connectivity index (χ1n) is 59.3. The summed E-state index contributed by atoms with van der Waals surface area (Å²) in [6.07, 6.45) is 116. The van der Waals surface area contributed by atoms with Crippen LogP contribution in [0.1, 0.15) is 490 Å². The molecule has 1 saturated carbocycles. The third-order valence-electron chi connectivity index (χ3n) is 27.8. The summed E-state index contributed by atoms with van der Waals surface area (Å²) in [5.74, 6) is 3.18. The number of amides is 2. The quantitative estimate of drug-likeness (QED) is 0.0167. The number of hydrogen-bond acceptors (Lipinski definition) is 17. The van der Waals surface area contributed by atoms with Gasteiger partial charge in [0.25, 0.3) is 0 Å². The molecule has 2 aliphatic heterocycles. The third-order valence-corrected chi connectivity index (χ3v) is 27.8. The zero-order chi connectivity index (χ0) is 110. The number of aliphatic hydroxyl groups excluding tert-OH is 6. The van der Waals surface area contributed by atoms with Gasteiger partial charge in [-0.15, -0.1) is 0 Å². The van der Waals surface area contributed by atoms with Crippen LogP contribution < -0.4 is 20.1 Å². The van der Waals surface area contributed by atoms with Gasteiger partial charge in [-0.2, -0.15) is 0 Å². The Morgan fingerprint density at radius 3 is 1.19 bits per heavy atom. The average molecular weight is 2090 g/mol. The van der Waals surface area contributed by atoms with Crippen molar-refractivity contribution in [2.24, 2.45) is 11.8 Å². The van der Waals surface area contributed by atoms with E-state index in [0.29, 0.717) is 81.2 Å². The highest BCUT2D eigenvalue weighted by atomic mass is 16.6. The number of esters is 2. The summed E-state index contributed by atoms with van der Waals surface area (Å²) in [6.45, 7) is 28.3. The number of benzene rings is 2. The highest BCUT2D eigenvalue weighted by molar-refractivity contribution is 5.81. The number of Topliss-reactive ketones (excluding diaryl/α,β-unsaturated/α-hetero) is 1. The molecule has 19 nitrogen and oxygen atoms in total. The highest BCUT2D eigenvalue weighted by Crippen LogP contribution is 2.56. The number of unbranched alkanes of at least 4 members (excludes halogenated alkanes) is 29. The van der Waals surface area contributed by atoms with Gasteiger partial charge >= 0.3 is 11.9 Å². The maximum atomic E-state index is 12.1. The second kappa shape index (κ2) is 94.1. The molecule has 19 heteroatoms. The Bertz CT molecular complexity index is 4160. The van der Waals surface area contributed by atoms with Crippen molar-refractivity contribution in [3.8, 4) is 23.0 Å². The molecule has 10 N–H and O–H groups in total. The van der Waals surface area contributed by atoms with Gasteiger partial charge in [-0.3, -0.25) is 24.0 Å². The van der Waals surface area contributed by atoms with E-state index in [1.54, 1.807) is 0 Å². The van der Waals surface area contributed by atoms with Crippen molar-refractivity contribution in [1.82, 2.24) is 10.6 Å². The largest absolute Gasteiger partial charge is 0.508 e. The molecule has 2 aromatic carbocycles. The maximum Gasteiger partial charge on any atom is 0.306 e. The number of fused-ring (bicyclic) bond motifs is 6. The van der Waals surface area contributed by atoms with Gasteiger partial charge in [0.05, 0.1) is 33.0 Å². The molecule has 3 unspecified atom stereocenters. The molecule has 0 saturated heterocycles. The Kier molecular flexibility index (Phi) is 87.6. The summed E-state index contributed by atoms with van der Waals surface area (Å²) in [7, 11) is 0. The van der Waals surface area contributed by atoms with Crippen LogP contribution in [0.3, 0.4) is 0 Å². The van der Waals surface area contributed by atoms with Crippen molar-refractivity contribution in [3.05, 3.63) is 204 Å². The van der Waals surface area contributed by atoms with E-state index in [2.05, 4.69) is 265 Å². The van der Waals surface area contributed by atoms with E-state index < -0.39 is 18.8 Å². The van der Waals surface area contributed by atoms with E-state index in [4.69, 9.17) is 49.6 Å². The molecular formula is C131H216N2O17. The lowest BCUT2D eigenvalue weighted by Crippen LogP contribution is -2.47. The van der Waals surface area contributed by atoms with Crippen LogP contribution in [0.4, 0.5) is 0 Å². The SMILES string of the molecule is CCCCC/C=C\C/C=C\C/C=C\C/C=C\CCCC(=O)NCCO.CCCCC/C=C\C/C=C\C/C=C\C/C=C\CCCC(=O)OC(CO)CO.CCCCC/C=C\C/C=C\C/C=C\C/C=C\CCCC(=O)OCC(O)CO.CCCCCCC(C)(C)c1cc(O)c2c(c1)OC(C)(C)C1CCC(=O)CC21.CCCCCCCCCCCCCCCC(=O)NCCO.CCCCCc1cc(O)c2c(c1)OC(C)(C)[C@@H]1CCC(C)=C[C@@H]21. The van der Waals surface area contributed by atoms with E-state index in [1.165, 1.54) is 204 Å². The Hall–Kier alpha value is -8.43. The van der Waals surface area contributed by atoms with Crippen molar-refractivity contribution < 1.29 is 83.8 Å². The van der Waals surface area contributed by atoms with Gasteiger partial charge in [0.15, 0.2) is 0 Å². The Morgan fingerprint density at radius 2 is 0.767 bits per heavy atom. The lowest BCUT2D eigenvalue weighted by atomic mass is 9.66. The number of aliphatic hydroxyl groups is 6. The number of aryl methyl sites for hydroxylation is 1. The summed E-state index contributed by atoms with van der Waals surface area (Å²) >= 11 is 0. The molecule has 0 spiro atoms. The van der Waals surface area contributed by atoms with Gasteiger partial charge in [0, 0.05) is 86.4 Å². The summed E-state index contributed by atoms with van der Waals surface area (Å²) in [6, 6.07) is 8.19. The highest BCUT2D eigenvalue weighted by Gasteiger charge is 2.49. The van der Waals surface area contributed by atoms with Gasteiger partial charge in [0.2, 0.25) is 11.8 Å². The molecule has 4 aliphatic rings. The summed E-state index contributed by atoms with van der Waals surface area (Å²) in [4.78, 5) is 57.5. The molecule has 2 aliphatic carbocycles. The van der Waals surface area contributed by atoms with Gasteiger partial charge in [-0.25, -0.2) is 0 Å². The molecule has 0 radical (unpaired) electrons. The maximum absolute atomic E-state index is 12.1. The van der Waals surface area contributed by atoms with E-state index in [1.807, 2.05) is 12.1 Å². The predicted molar refractivity (Wildman–Crippen MR) is 629 cm³/mol. The van der Waals surface area contributed by atoms with Crippen molar-refractivity contribution in [1.29, 1.82) is 0 Å². The van der Waals surface area contributed by atoms with Crippen LogP contribution in [0.15, 0.2) is 182 Å². The fraction of sp³-hybridized carbons (Fsp3) is 0.672. The first kappa shape index (κ1) is 140.